The second kappa shape index (κ2) is 10.4. The number of carbonyl (C=O) groups is 2. The van der Waals surface area contributed by atoms with E-state index in [0.29, 0.717) is 48.0 Å². The van der Waals surface area contributed by atoms with Crippen LogP contribution < -0.4 is 4.74 Å². The lowest BCUT2D eigenvalue weighted by molar-refractivity contribution is -0.143. The Hall–Kier alpha value is -3.24. The van der Waals surface area contributed by atoms with Crippen LogP contribution in [0.25, 0.3) is 11.4 Å². The number of hydrogen-bond acceptors (Lipinski definition) is 8. The van der Waals surface area contributed by atoms with Crippen molar-refractivity contribution in [1.29, 1.82) is 0 Å². The largest absolute Gasteiger partial charge is 0.481 e. The highest BCUT2D eigenvalue weighted by Crippen LogP contribution is 2.29. The topological polar surface area (TPSA) is 133 Å². The van der Waals surface area contributed by atoms with Crippen LogP contribution in [0.3, 0.4) is 0 Å². The predicted molar refractivity (Wildman–Crippen MR) is 114 cm³/mol. The van der Waals surface area contributed by atoms with Gasteiger partial charge in [0.05, 0.1) is 12.1 Å². The van der Waals surface area contributed by atoms with Crippen LogP contribution >= 0.6 is 0 Å². The van der Waals surface area contributed by atoms with Crippen LogP contribution in [0.5, 0.6) is 5.88 Å². The lowest BCUT2D eigenvalue weighted by Gasteiger charge is -2.27. The molecule has 0 spiro atoms. The zero-order chi connectivity index (χ0) is 23.3. The predicted octanol–water partition coefficient (Wildman–Crippen LogP) is 2.58. The van der Waals surface area contributed by atoms with Gasteiger partial charge >= 0.3 is 12.1 Å². The molecule has 0 aliphatic heterocycles. The van der Waals surface area contributed by atoms with Crippen molar-refractivity contribution in [2.24, 2.45) is 13.0 Å². The van der Waals surface area contributed by atoms with Crippen molar-refractivity contribution in [3.05, 3.63) is 17.6 Å². The average Bonchev–Trinajstić information content (AvgIpc) is 3.14. The molecule has 0 saturated heterocycles. The van der Waals surface area contributed by atoms with Gasteiger partial charge in [-0.3, -0.25) is 4.79 Å². The highest BCUT2D eigenvalue weighted by molar-refractivity contribution is 5.70. The molecule has 1 aliphatic rings. The minimum Gasteiger partial charge on any atom is -0.481 e. The number of amides is 1. The first-order chi connectivity index (χ1) is 15.3. The van der Waals surface area contributed by atoms with Crippen LogP contribution in [0.1, 0.15) is 50.4 Å². The molecule has 1 fully saturated rings. The third-order valence-electron chi connectivity index (χ3n) is 5.54. The SMILES string of the molecule is CCCN(C)C(=O)OCc1c(-c2cnc(O[C@H]3CCC[C@H](C(=O)O)C3)c(C)n2)nnn1C. The third-order valence-corrected chi connectivity index (χ3v) is 5.54. The van der Waals surface area contributed by atoms with Crippen LogP contribution in [0.4, 0.5) is 4.79 Å². The summed E-state index contributed by atoms with van der Waals surface area (Å²) in [4.78, 5) is 33.9. The van der Waals surface area contributed by atoms with E-state index in [1.54, 1.807) is 27.2 Å². The highest BCUT2D eigenvalue weighted by Gasteiger charge is 2.29. The lowest BCUT2D eigenvalue weighted by Crippen LogP contribution is -2.30. The van der Waals surface area contributed by atoms with Gasteiger partial charge in [-0.05, 0) is 39.0 Å². The van der Waals surface area contributed by atoms with Gasteiger partial charge in [-0.15, -0.1) is 5.10 Å². The summed E-state index contributed by atoms with van der Waals surface area (Å²) in [6, 6.07) is 0. The van der Waals surface area contributed by atoms with Crippen molar-refractivity contribution in [3.8, 4) is 17.3 Å². The summed E-state index contributed by atoms with van der Waals surface area (Å²) in [6.45, 7) is 4.37. The molecular weight excluding hydrogens is 416 g/mol. The molecule has 2 aromatic heterocycles. The first-order valence-corrected chi connectivity index (χ1v) is 10.8. The first-order valence-electron chi connectivity index (χ1n) is 10.8. The van der Waals surface area contributed by atoms with Gasteiger partial charge in [-0.1, -0.05) is 12.1 Å². The van der Waals surface area contributed by atoms with Crippen LogP contribution in [0.15, 0.2) is 6.20 Å². The minimum atomic E-state index is -0.784. The van der Waals surface area contributed by atoms with Crippen molar-refractivity contribution in [1.82, 2.24) is 29.9 Å². The van der Waals surface area contributed by atoms with Gasteiger partial charge in [0.1, 0.15) is 35.5 Å². The number of hydrogen-bond donors (Lipinski definition) is 1. The normalized spacial score (nSPS) is 18.2. The zero-order valence-corrected chi connectivity index (χ0v) is 18.9. The van der Waals surface area contributed by atoms with Crippen LogP contribution in [-0.2, 0) is 23.2 Å². The molecule has 0 unspecified atom stereocenters. The van der Waals surface area contributed by atoms with Crippen LogP contribution in [-0.4, -0.2) is 66.7 Å². The molecule has 1 N–H and O–H groups in total. The maximum absolute atomic E-state index is 12.1. The molecule has 0 bridgehead atoms. The van der Waals surface area contributed by atoms with E-state index in [2.05, 4.69) is 20.3 Å². The smallest absolute Gasteiger partial charge is 0.409 e. The number of aromatic nitrogens is 5. The van der Waals surface area contributed by atoms with E-state index in [4.69, 9.17) is 9.47 Å². The van der Waals surface area contributed by atoms with E-state index in [1.165, 1.54) is 9.58 Å². The molecule has 1 saturated carbocycles. The summed E-state index contributed by atoms with van der Waals surface area (Å²) >= 11 is 0. The van der Waals surface area contributed by atoms with Crippen molar-refractivity contribution >= 4 is 12.1 Å². The highest BCUT2D eigenvalue weighted by atomic mass is 16.6. The van der Waals surface area contributed by atoms with Gasteiger partial charge in [-0.25, -0.2) is 19.4 Å². The Labute approximate surface area is 186 Å². The number of ether oxygens (including phenoxy) is 2. The van der Waals surface area contributed by atoms with Gasteiger partial charge in [-0.2, -0.15) is 0 Å². The van der Waals surface area contributed by atoms with E-state index in [0.717, 1.165) is 19.3 Å². The Morgan fingerprint density at radius 3 is 2.81 bits per heavy atom. The molecule has 2 atom stereocenters. The Kier molecular flexibility index (Phi) is 7.60. The number of carboxylic acid groups (broad SMARTS) is 1. The van der Waals surface area contributed by atoms with E-state index < -0.39 is 12.1 Å². The molecule has 3 rings (SSSR count). The summed E-state index contributed by atoms with van der Waals surface area (Å²) in [7, 11) is 3.40. The van der Waals surface area contributed by atoms with E-state index >= 15 is 0 Å². The zero-order valence-electron chi connectivity index (χ0n) is 18.9. The van der Waals surface area contributed by atoms with Gasteiger partial charge in [0.25, 0.3) is 0 Å². The Morgan fingerprint density at radius 1 is 1.34 bits per heavy atom. The first kappa shape index (κ1) is 23.4. The number of nitrogens with zero attached hydrogens (tertiary/aromatic N) is 6. The lowest BCUT2D eigenvalue weighted by atomic mass is 9.87. The van der Waals surface area contributed by atoms with Crippen LogP contribution in [0.2, 0.25) is 0 Å². The van der Waals surface area contributed by atoms with Gasteiger partial charge in [0.15, 0.2) is 0 Å². The second-order valence-corrected chi connectivity index (χ2v) is 8.07. The number of aliphatic carboxylic acids is 1. The summed E-state index contributed by atoms with van der Waals surface area (Å²) in [5, 5.41) is 17.5. The number of rotatable bonds is 8. The minimum absolute atomic E-state index is 0.00332. The van der Waals surface area contributed by atoms with E-state index in [-0.39, 0.29) is 18.6 Å². The summed E-state index contributed by atoms with van der Waals surface area (Å²) < 4.78 is 12.9. The Balaban J connectivity index is 1.71. The van der Waals surface area contributed by atoms with Crippen molar-refractivity contribution in [3.63, 3.8) is 0 Å². The molecule has 174 valence electrons. The maximum atomic E-state index is 12.1. The Morgan fingerprint density at radius 2 is 2.12 bits per heavy atom. The molecule has 11 nitrogen and oxygen atoms in total. The number of aryl methyl sites for hydroxylation is 2. The molecule has 1 aliphatic carbocycles. The molecule has 2 aromatic rings. The standard InChI is InChI=1S/C21H30N6O5/c1-5-9-26(3)21(30)31-12-17-18(24-25-27(17)4)16-11-22-19(13(2)23-16)32-15-8-6-7-14(10-15)20(28)29/h11,14-15H,5-10,12H2,1-4H3,(H,28,29)/t14-,15-/m0/s1. The summed E-state index contributed by atoms with van der Waals surface area (Å²) in [5.74, 6) is -0.793. The van der Waals surface area contributed by atoms with Crippen molar-refractivity contribution < 1.29 is 24.2 Å². The third kappa shape index (κ3) is 5.51. The second-order valence-electron chi connectivity index (χ2n) is 8.07. The average molecular weight is 447 g/mol. The van der Waals surface area contributed by atoms with Gasteiger partial charge in [0.2, 0.25) is 5.88 Å². The number of carboxylic acids is 1. The maximum Gasteiger partial charge on any atom is 0.409 e. The van der Waals surface area contributed by atoms with Crippen molar-refractivity contribution in [2.75, 3.05) is 13.6 Å². The fourth-order valence-electron chi connectivity index (χ4n) is 3.74. The molecule has 2 heterocycles. The molecule has 0 radical (unpaired) electrons. The van der Waals surface area contributed by atoms with Crippen LogP contribution in [0, 0.1) is 12.8 Å². The molecule has 0 aromatic carbocycles. The monoisotopic (exact) mass is 446 g/mol. The van der Waals surface area contributed by atoms with Crippen molar-refractivity contribution in [2.45, 2.75) is 58.7 Å². The molecule has 1 amide bonds. The molecule has 11 heteroatoms. The quantitative estimate of drug-likeness (QED) is 0.649. The van der Waals surface area contributed by atoms with E-state index in [1.807, 2.05) is 6.92 Å². The molecular formula is C21H30N6O5. The summed E-state index contributed by atoms with van der Waals surface area (Å²) in [5.41, 5.74) is 2.13. The fourth-order valence-corrected chi connectivity index (χ4v) is 3.74. The summed E-state index contributed by atoms with van der Waals surface area (Å²) in [6.07, 6.45) is 4.49. The Bertz CT molecular complexity index is 962. The van der Waals surface area contributed by atoms with Gasteiger partial charge in [0, 0.05) is 20.6 Å². The van der Waals surface area contributed by atoms with Gasteiger partial charge < -0.3 is 19.5 Å². The number of carbonyl (C=O) groups excluding carboxylic acids is 1. The molecule has 32 heavy (non-hydrogen) atoms. The van der Waals surface area contributed by atoms with E-state index in [9.17, 15) is 14.7 Å². The fraction of sp³-hybridized carbons (Fsp3) is 0.619.